The van der Waals surface area contributed by atoms with Crippen molar-refractivity contribution in [2.75, 3.05) is 0 Å². The first-order chi connectivity index (χ1) is 10.5. The molecule has 0 saturated carbocycles. The van der Waals surface area contributed by atoms with Crippen molar-refractivity contribution >= 4 is 41.5 Å². The standard InChI is InChI=1S/C14H14I2N3O3/c1-18-11-6-8(7-16-15)2-3-9(11)19(14(18)22)10-4-5-12(20)17-13(10)21/h2-3,6,10H,4-5,7H2,1H3,(H,17,20,21)/q-1. The molecule has 0 radical (unpaired) electrons. The fraction of sp³-hybridized carbons (Fsp3) is 0.357. The number of aromatic nitrogens is 2. The maximum absolute atomic E-state index is 12.6. The van der Waals surface area contributed by atoms with Gasteiger partial charge in [-0.05, 0) is 0 Å². The van der Waals surface area contributed by atoms with Crippen LogP contribution in [0.25, 0.3) is 11.0 Å². The van der Waals surface area contributed by atoms with Crippen LogP contribution in [0, 0.1) is 0 Å². The van der Waals surface area contributed by atoms with Crippen LogP contribution >= 0.6 is 18.6 Å². The first kappa shape index (κ1) is 16.0. The molecule has 1 N–H and O–H groups in total. The molecule has 2 amide bonds. The van der Waals surface area contributed by atoms with Crippen molar-refractivity contribution in [3.8, 4) is 0 Å². The molecule has 0 aliphatic carbocycles. The molecular formula is C14H14I2N3O3-. The minimum absolute atomic E-state index is 0.110. The second kappa shape index (κ2) is 6.30. The SMILES string of the molecule is Cn1c(=O)n(C2CCC(=O)NC2=O)c2ccc(C[I-]I)cc21. The van der Waals surface area contributed by atoms with E-state index in [4.69, 9.17) is 0 Å². The van der Waals surface area contributed by atoms with E-state index in [2.05, 4.69) is 23.9 Å². The number of nitrogens with one attached hydrogen (secondary N) is 1. The first-order valence-electron chi connectivity index (χ1n) is 6.76. The van der Waals surface area contributed by atoms with Gasteiger partial charge in [0.25, 0.3) is 0 Å². The Kier molecular flexibility index (Phi) is 4.57. The van der Waals surface area contributed by atoms with Crippen LogP contribution < -0.4 is 28.2 Å². The van der Waals surface area contributed by atoms with E-state index >= 15 is 0 Å². The number of piperidine rings is 1. The Hall–Kier alpha value is -0.910. The molecular weight excluding hydrogens is 512 g/mol. The van der Waals surface area contributed by atoms with Gasteiger partial charge in [0, 0.05) is 0 Å². The molecule has 0 spiro atoms. The van der Waals surface area contributed by atoms with E-state index in [-0.39, 0.29) is 35.2 Å². The molecule has 118 valence electrons. The van der Waals surface area contributed by atoms with E-state index < -0.39 is 11.9 Å². The molecule has 1 aromatic carbocycles. The summed E-state index contributed by atoms with van der Waals surface area (Å²) in [5, 5.41) is 2.32. The molecule has 1 aliphatic rings. The molecule has 22 heavy (non-hydrogen) atoms. The van der Waals surface area contributed by atoms with Gasteiger partial charge in [-0.25, -0.2) is 0 Å². The summed E-state index contributed by atoms with van der Waals surface area (Å²) in [4.78, 5) is 35.9. The van der Waals surface area contributed by atoms with Crippen molar-refractivity contribution in [2.45, 2.75) is 23.3 Å². The van der Waals surface area contributed by atoms with Gasteiger partial charge in [-0.2, -0.15) is 0 Å². The van der Waals surface area contributed by atoms with Crippen molar-refractivity contribution in [3.05, 3.63) is 34.2 Å². The number of benzene rings is 1. The number of imidazole rings is 1. The number of nitrogens with zero attached hydrogens (tertiary/aromatic N) is 2. The fourth-order valence-electron chi connectivity index (χ4n) is 2.78. The Morgan fingerprint density at radius 3 is 2.77 bits per heavy atom. The van der Waals surface area contributed by atoms with Crippen LogP contribution in [-0.4, -0.2) is 20.9 Å². The number of hydrogen-bond acceptors (Lipinski definition) is 3. The van der Waals surface area contributed by atoms with E-state index in [9.17, 15) is 14.4 Å². The van der Waals surface area contributed by atoms with Crippen LogP contribution in [0.15, 0.2) is 23.0 Å². The zero-order valence-electron chi connectivity index (χ0n) is 11.8. The van der Waals surface area contributed by atoms with Crippen molar-refractivity contribution in [1.29, 1.82) is 0 Å². The predicted molar refractivity (Wildman–Crippen MR) is 86.3 cm³/mol. The number of rotatable bonds is 3. The Bertz CT molecular complexity index is 825. The van der Waals surface area contributed by atoms with Crippen molar-refractivity contribution in [1.82, 2.24) is 14.5 Å². The predicted octanol–water partition coefficient (Wildman–Crippen LogP) is -1.74. The van der Waals surface area contributed by atoms with Crippen molar-refractivity contribution in [2.24, 2.45) is 7.05 Å². The number of carbonyl (C=O) groups excluding carboxylic acids is 2. The molecule has 1 aliphatic heterocycles. The Morgan fingerprint density at radius 2 is 2.09 bits per heavy atom. The third-order valence-electron chi connectivity index (χ3n) is 3.88. The number of hydrogen-bond donors (Lipinski definition) is 1. The van der Waals surface area contributed by atoms with Gasteiger partial charge in [-0.1, -0.05) is 0 Å². The van der Waals surface area contributed by atoms with Crippen LogP contribution in [0.3, 0.4) is 0 Å². The van der Waals surface area contributed by atoms with Crippen molar-refractivity contribution in [3.63, 3.8) is 0 Å². The molecule has 2 aromatic rings. The van der Waals surface area contributed by atoms with E-state index in [1.807, 2.05) is 18.2 Å². The summed E-state index contributed by atoms with van der Waals surface area (Å²) < 4.78 is 4.14. The van der Waals surface area contributed by atoms with E-state index in [1.54, 1.807) is 11.6 Å². The van der Waals surface area contributed by atoms with Crippen LogP contribution in [-0.2, 0) is 21.1 Å². The van der Waals surface area contributed by atoms with Gasteiger partial charge in [0.05, 0.1) is 0 Å². The molecule has 3 rings (SSSR count). The summed E-state index contributed by atoms with van der Waals surface area (Å²) in [7, 11) is 1.72. The summed E-state index contributed by atoms with van der Waals surface area (Å²) in [6.45, 7) is 0. The van der Waals surface area contributed by atoms with Gasteiger partial charge >= 0.3 is 147 Å². The quantitative estimate of drug-likeness (QED) is 0.294. The summed E-state index contributed by atoms with van der Waals surface area (Å²) in [5.74, 6) is -0.671. The van der Waals surface area contributed by atoms with E-state index in [1.165, 1.54) is 10.1 Å². The summed E-state index contributed by atoms with van der Waals surface area (Å²) in [6, 6.07) is 5.34. The third kappa shape index (κ3) is 2.70. The summed E-state index contributed by atoms with van der Waals surface area (Å²) in [5.41, 5.74) is 2.58. The molecule has 1 fully saturated rings. The minimum atomic E-state index is -0.614. The molecule has 0 bridgehead atoms. The van der Waals surface area contributed by atoms with Crippen LogP contribution in [0.5, 0.6) is 0 Å². The average molecular weight is 526 g/mol. The number of fused-ring (bicyclic) bond motifs is 1. The fourth-order valence-corrected chi connectivity index (χ4v) is 5.82. The summed E-state index contributed by atoms with van der Waals surface area (Å²) >= 11 is 2.54. The van der Waals surface area contributed by atoms with Gasteiger partial charge in [0.2, 0.25) is 0 Å². The Morgan fingerprint density at radius 1 is 1.32 bits per heavy atom. The van der Waals surface area contributed by atoms with Gasteiger partial charge < -0.3 is 0 Å². The molecule has 8 heteroatoms. The number of imide groups is 1. The number of amides is 2. The van der Waals surface area contributed by atoms with E-state index in [0.717, 1.165) is 15.5 Å². The van der Waals surface area contributed by atoms with Crippen LogP contribution in [0.2, 0.25) is 0 Å². The maximum atomic E-state index is 12.6. The Labute approximate surface area is 146 Å². The molecule has 2 heterocycles. The molecule has 1 saturated heterocycles. The zero-order chi connectivity index (χ0) is 15.9. The van der Waals surface area contributed by atoms with Gasteiger partial charge in [-0.15, -0.1) is 0 Å². The summed E-state index contributed by atoms with van der Waals surface area (Å²) in [6.07, 6.45) is 0.626. The average Bonchev–Trinajstić information content (AvgIpc) is 2.72. The van der Waals surface area contributed by atoms with Crippen LogP contribution in [0.4, 0.5) is 0 Å². The number of alkyl halides is 1. The van der Waals surface area contributed by atoms with Gasteiger partial charge in [-0.3, -0.25) is 0 Å². The molecule has 1 atom stereocenters. The van der Waals surface area contributed by atoms with Gasteiger partial charge in [0.1, 0.15) is 0 Å². The third-order valence-corrected chi connectivity index (χ3v) is 6.98. The second-order valence-corrected chi connectivity index (χ2v) is 10.4. The molecule has 1 unspecified atom stereocenters. The molecule has 6 nitrogen and oxygen atoms in total. The topological polar surface area (TPSA) is 73.1 Å². The molecule has 1 aromatic heterocycles. The monoisotopic (exact) mass is 526 g/mol. The number of aryl methyl sites for hydroxylation is 1. The first-order valence-corrected chi connectivity index (χ1v) is 14.6. The second-order valence-electron chi connectivity index (χ2n) is 5.24. The van der Waals surface area contributed by atoms with Crippen molar-refractivity contribution < 1.29 is 26.8 Å². The van der Waals surface area contributed by atoms with Crippen LogP contribution in [0.1, 0.15) is 24.4 Å². The Balaban J connectivity index is 2.14. The number of halogens is 2. The number of carbonyl (C=O) groups is 2. The normalized spacial score (nSPS) is 18.9. The van der Waals surface area contributed by atoms with E-state index in [0.29, 0.717) is 6.42 Å². The zero-order valence-corrected chi connectivity index (χ0v) is 16.1. The van der Waals surface area contributed by atoms with Gasteiger partial charge in [0.15, 0.2) is 0 Å².